The summed E-state index contributed by atoms with van der Waals surface area (Å²) in [4.78, 5) is 0. The van der Waals surface area contributed by atoms with Crippen LogP contribution in [0.5, 0.6) is 0 Å². The number of hydrogen-bond acceptors (Lipinski definition) is 4. The first-order valence-electron chi connectivity index (χ1n) is 5.11. The average Bonchev–Trinajstić information content (AvgIpc) is 2.69. The van der Waals surface area contributed by atoms with Gasteiger partial charge in [0.05, 0.1) is 19.3 Å². The lowest BCUT2D eigenvalue weighted by molar-refractivity contribution is 0.132. The average molecular weight is 198 g/mol. The summed E-state index contributed by atoms with van der Waals surface area (Å²) in [7, 11) is 0. The maximum atomic E-state index is 5.38. The Labute approximate surface area is 84.6 Å². The zero-order valence-corrected chi connectivity index (χ0v) is 8.66. The van der Waals surface area contributed by atoms with Crippen LogP contribution >= 0.6 is 0 Å². The Hall–Kier alpha value is -0.870. The molecule has 0 saturated carbocycles. The van der Waals surface area contributed by atoms with Crippen LogP contribution in [0.1, 0.15) is 25.5 Å². The Morgan fingerprint density at radius 3 is 3.14 bits per heavy atom. The smallest absolute Gasteiger partial charge is 0.150 e. The first-order chi connectivity index (χ1) is 6.93. The number of nitrogens with zero attached hydrogens (tertiary/aromatic N) is 1. The van der Waals surface area contributed by atoms with Crippen molar-refractivity contribution >= 4 is 0 Å². The van der Waals surface area contributed by atoms with Gasteiger partial charge in [-0.1, -0.05) is 18.5 Å². The summed E-state index contributed by atoms with van der Waals surface area (Å²) < 4.78 is 10.3. The van der Waals surface area contributed by atoms with Gasteiger partial charge in [0.15, 0.2) is 0 Å². The molecule has 14 heavy (non-hydrogen) atoms. The van der Waals surface area contributed by atoms with Crippen LogP contribution in [-0.4, -0.2) is 24.9 Å². The van der Waals surface area contributed by atoms with Crippen molar-refractivity contribution in [3.05, 3.63) is 18.0 Å². The molecule has 1 heterocycles. The molecule has 1 aromatic rings. The van der Waals surface area contributed by atoms with Crippen LogP contribution in [0.3, 0.4) is 0 Å². The Morgan fingerprint density at radius 1 is 1.50 bits per heavy atom. The lowest BCUT2D eigenvalue weighted by Crippen LogP contribution is -2.19. The zero-order valence-electron chi connectivity index (χ0n) is 8.66. The molecule has 0 bridgehead atoms. The first kappa shape index (κ1) is 11.2. The topological polar surface area (TPSA) is 47.3 Å². The second-order valence-electron chi connectivity index (χ2n) is 3.12. The summed E-state index contributed by atoms with van der Waals surface area (Å²) in [5, 5.41) is 6.82. The number of rotatable bonds is 8. The molecule has 1 aromatic heterocycles. The van der Waals surface area contributed by atoms with Gasteiger partial charge in [-0.2, -0.15) is 0 Å². The SMILES string of the molecule is CCCCOCCNCc1ccno1. The van der Waals surface area contributed by atoms with Gasteiger partial charge in [-0.15, -0.1) is 0 Å². The van der Waals surface area contributed by atoms with Gasteiger partial charge in [-0.05, 0) is 6.42 Å². The van der Waals surface area contributed by atoms with Gasteiger partial charge < -0.3 is 14.6 Å². The highest BCUT2D eigenvalue weighted by molar-refractivity contribution is 4.91. The predicted octanol–water partition coefficient (Wildman–Crippen LogP) is 1.58. The van der Waals surface area contributed by atoms with E-state index in [0.29, 0.717) is 0 Å². The fourth-order valence-corrected chi connectivity index (χ4v) is 1.04. The first-order valence-corrected chi connectivity index (χ1v) is 5.11. The lowest BCUT2D eigenvalue weighted by atomic mass is 10.4. The zero-order chi connectivity index (χ0) is 10.1. The molecule has 0 atom stereocenters. The van der Waals surface area contributed by atoms with E-state index >= 15 is 0 Å². The second kappa shape index (κ2) is 7.53. The summed E-state index contributed by atoms with van der Waals surface area (Å²) in [5.74, 6) is 0.860. The maximum absolute atomic E-state index is 5.38. The third-order valence-electron chi connectivity index (χ3n) is 1.86. The molecule has 0 aliphatic rings. The molecule has 0 fully saturated rings. The highest BCUT2D eigenvalue weighted by Gasteiger charge is 1.94. The molecule has 0 aliphatic carbocycles. The molecule has 0 unspecified atom stereocenters. The van der Waals surface area contributed by atoms with Gasteiger partial charge in [0, 0.05) is 19.2 Å². The van der Waals surface area contributed by atoms with Crippen LogP contribution in [0.4, 0.5) is 0 Å². The van der Waals surface area contributed by atoms with Crippen LogP contribution in [0.2, 0.25) is 0 Å². The minimum atomic E-state index is 0.719. The number of hydrogen-bond donors (Lipinski definition) is 1. The molecule has 0 aromatic carbocycles. The fraction of sp³-hybridized carbons (Fsp3) is 0.700. The largest absolute Gasteiger partial charge is 0.380 e. The van der Waals surface area contributed by atoms with Gasteiger partial charge in [-0.25, -0.2) is 0 Å². The molecule has 80 valence electrons. The molecule has 1 rings (SSSR count). The van der Waals surface area contributed by atoms with E-state index in [9.17, 15) is 0 Å². The normalized spacial score (nSPS) is 10.6. The van der Waals surface area contributed by atoms with Crippen LogP contribution in [0, 0.1) is 0 Å². The maximum Gasteiger partial charge on any atom is 0.150 e. The highest BCUT2D eigenvalue weighted by Crippen LogP contribution is 1.94. The molecule has 0 aliphatic heterocycles. The summed E-state index contributed by atoms with van der Waals surface area (Å²) in [6, 6.07) is 1.85. The van der Waals surface area contributed by atoms with E-state index in [4.69, 9.17) is 9.26 Å². The van der Waals surface area contributed by atoms with E-state index in [0.717, 1.165) is 38.5 Å². The molecule has 0 spiro atoms. The molecule has 0 radical (unpaired) electrons. The number of unbranched alkanes of at least 4 members (excludes halogenated alkanes) is 1. The van der Waals surface area contributed by atoms with E-state index < -0.39 is 0 Å². The lowest BCUT2D eigenvalue weighted by Gasteiger charge is -2.03. The van der Waals surface area contributed by atoms with Crippen molar-refractivity contribution in [3.63, 3.8) is 0 Å². The van der Waals surface area contributed by atoms with Gasteiger partial charge >= 0.3 is 0 Å². The predicted molar refractivity (Wildman–Crippen MR) is 53.9 cm³/mol. The minimum absolute atomic E-state index is 0.719. The van der Waals surface area contributed by atoms with E-state index in [2.05, 4.69) is 17.4 Å². The molecule has 4 heteroatoms. The van der Waals surface area contributed by atoms with Crippen molar-refractivity contribution in [2.24, 2.45) is 0 Å². The van der Waals surface area contributed by atoms with Crippen molar-refractivity contribution in [2.75, 3.05) is 19.8 Å². The van der Waals surface area contributed by atoms with Crippen molar-refractivity contribution in [2.45, 2.75) is 26.3 Å². The van der Waals surface area contributed by atoms with Gasteiger partial charge in [0.25, 0.3) is 0 Å². The van der Waals surface area contributed by atoms with Crippen molar-refractivity contribution in [1.29, 1.82) is 0 Å². The Bertz CT molecular complexity index is 212. The molecular formula is C10H18N2O2. The molecule has 0 saturated heterocycles. The van der Waals surface area contributed by atoms with E-state index in [-0.39, 0.29) is 0 Å². The van der Waals surface area contributed by atoms with Crippen LogP contribution in [0.25, 0.3) is 0 Å². The molecule has 0 amide bonds. The van der Waals surface area contributed by atoms with Crippen molar-refractivity contribution < 1.29 is 9.26 Å². The second-order valence-corrected chi connectivity index (χ2v) is 3.12. The Kier molecular flexibility index (Phi) is 6.02. The molecule has 4 nitrogen and oxygen atoms in total. The third-order valence-corrected chi connectivity index (χ3v) is 1.86. The fourth-order valence-electron chi connectivity index (χ4n) is 1.04. The van der Waals surface area contributed by atoms with Crippen LogP contribution < -0.4 is 5.32 Å². The third kappa shape index (κ3) is 4.99. The number of nitrogens with one attached hydrogen (secondary N) is 1. The van der Waals surface area contributed by atoms with E-state index in [1.165, 1.54) is 6.42 Å². The number of aromatic nitrogens is 1. The monoisotopic (exact) mass is 198 g/mol. The molecule has 1 N–H and O–H groups in total. The van der Waals surface area contributed by atoms with Crippen LogP contribution in [0.15, 0.2) is 16.8 Å². The number of ether oxygens (including phenoxy) is 1. The van der Waals surface area contributed by atoms with Crippen molar-refractivity contribution in [1.82, 2.24) is 10.5 Å². The van der Waals surface area contributed by atoms with E-state index in [1.807, 2.05) is 6.07 Å². The van der Waals surface area contributed by atoms with Gasteiger partial charge in [0.1, 0.15) is 5.76 Å². The van der Waals surface area contributed by atoms with Gasteiger partial charge in [-0.3, -0.25) is 0 Å². The van der Waals surface area contributed by atoms with Crippen LogP contribution in [-0.2, 0) is 11.3 Å². The summed E-state index contributed by atoms with van der Waals surface area (Å²) in [6.45, 7) is 5.35. The Balaban J connectivity index is 1.85. The summed E-state index contributed by atoms with van der Waals surface area (Å²) in [5.41, 5.74) is 0. The van der Waals surface area contributed by atoms with Crippen molar-refractivity contribution in [3.8, 4) is 0 Å². The standard InChI is InChI=1S/C10H18N2O2/c1-2-3-7-13-8-6-11-9-10-4-5-12-14-10/h4-5,11H,2-3,6-9H2,1H3. The highest BCUT2D eigenvalue weighted by atomic mass is 16.5. The summed E-state index contributed by atoms with van der Waals surface area (Å²) in [6.07, 6.45) is 3.97. The summed E-state index contributed by atoms with van der Waals surface area (Å²) >= 11 is 0. The molecular weight excluding hydrogens is 180 g/mol. The minimum Gasteiger partial charge on any atom is -0.380 e. The quantitative estimate of drug-likeness (QED) is 0.644. The van der Waals surface area contributed by atoms with E-state index in [1.54, 1.807) is 6.20 Å². The Morgan fingerprint density at radius 2 is 2.43 bits per heavy atom. The van der Waals surface area contributed by atoms with Gasteiger partial charge in [0.2, 0.25) is 0 Å².